The number of benzene rings is 1. The van der Waals surface area contributed by atoms with Crippen LogP contribution in [0.2, 0.25) is 0 Å². The molecule has 1 atom stereocenters. The minimum Gasteiger partial charge on any atom is -0.361 e. The first kappa shape index (κ1) is 16.3. The summed E-state index contributed by atoms with van der Waals surface area (Å²) in [5, 5.41) is 7.91. The fraction of sp³-hybridized carbons (Fsp3) is 0.500. The number of nitrogens with one attached hydrogen (secondary N) is 1. The lowest BCUT2D eigenvalue weighted by Gasteiger charge is -2.25. The van der Waals surface area contributed by atoms with E-state index in [1.165, 1.54) is 24.0 Å². The highest BCUT2D eigenvalue weighted by Crippen LogP contribution is 2.25. The van der Waals surface area contributed by atoms with Crippen molar-refractivity contribution >= 4 is 5.91 Å². The molecule has 0 saturated carbocycles. The van der Waals surface area contributed by atoms with E-state index in [4.69, 9.17) is 4.52 Å². The van der Waals surface area contributed by atoms with Gasteiger partial charge in [0.15, 0.2) is 0 Å². The van der Waals surface area contributed by atoms with Crippen LogP contribution < -0.4 is 5.32 Å². The lowest BCUT2D eigenvalue weighted by molar-refractivity contribution is -0.128. The van der Waals surface area contributed by atoms with Crippen molar-refractivity contribution in [3.63, 3.8) is 0 Å². The Balaban J connectivity index is 1.48. The Bertz CT molecular complexity index is 726. The molecule has 2 aromatic rings. The molecule has 0 unspecified atom stereocenters. The predicted octanol–water partition coefficient (Wildman–Crippen LogP) is 3.01. The number of amides is 1. The Kier molecular flexibility index (Phi) is 4.83. The smallest absolute Gasteiger partial charge is 0.222 e. The minimum absolute atomic E-state index is 0.110. The molecular weight excluding hydrogens is 314 g/mol. The number of carbonyl (C=O) groups is 1. The van der Waals surface area contributed by atoms with E-state index < -0.39 is 0 Å². The van der Waals surface area contributed by atoms with Crippen LogP contribution in [0.4, 0.5) is 0 Å². The molecule has 1 aromatic heterocycles. The molecule has 0 radical (unpaired) electrons. The van der Waals surface area contributed by atoms with E-state index in [0.29, 0.717) is 19.5 Å². The maximum absolute atomic E-state index is 12.0. The summed E-state index contributed by atoms with van der Waals surface area (Å²) in [7, 11) is 0. The lowest BCUT2D eigenvalue weighted by Crippen LogP contribution is -2.36. The van der Waals surface area contributed by atoms with Gasteiger partial charge in [0, 0.05) is 38.0 Å². The molecule has 2 aliphatic rings. The second kappa shape index (κ2) is 7.40. The first-order chi connectivity index (χ1) is 12.3. The first-order valence-electron chi connectivity index (χ1n) is 9.33. The van der Waals surface area contributed by atoms with Crippen molar-refractivity contribution in [3.8, 4) is 0 Å². The summed E-state index contributed by atoms with van der Waals surface area (Å²) in [6.07, 6.45) is 6.13. The largest absolute Gasteiger partial charge is 0.361 e. The van der Waals surface area contributed by atoms with E-state index in [9.17, 15) is 4.79 Å². The molecule has 1 fully saturated rings. The standard InChI is InChI=1S/C20H25N3O2/c24-20-11-6-12-23(20)14-18(15-7-2-1-3-8-15)21-13-17-16-9-4-5-10-19(16)25-22-17/h1-3,7-8,18,21H,4-6,9-14H2/t18-/m0/s1. The van der Waals surface area contributed by atoms with Gasteiger partial charge in [0.2, 0.25) is 5.91 Å². The Morgan fingerprint density at radius 3 is 2.76 bits per heavy atom. The summed E-state index contributed by atoms with van der Waals surface area (Å²) < 4.78 is 5.52. The van der Waals surface area contributed by atoms with Gasteiger partial charge < -0.3 is 14.7 Å². The Labute approximate surface area is 148 Å². The molecule has 1 N–H and O–H groups in total. The molecule has 1 saturated heterocycles. The van der Waals surface area contributed by atoms with Gasteiger partial charge >= 0.3 is 0 Å². The zero-order valence-electron chi connectivity index (χ0n) is 14.5. The molecule has 132 valence electrons. The third kappa shape index (κ3) is 3.61. The molecular formula is C20H25N3O2. The van der Waals surface area contributed by atoms with Gasteiger partial charge in [0.05, 0.1) is 6.04 Å². The van der Waals surface area contributed by atoms with Crippen LogP contribution in [0, 0.1) is 0 Å². The molecule has 4 rings (SSSR count). The van der Waals surface area contributed by atoms with Crippen molar-refractivity contribution in [2.45, 2.75) is 51.1 Å². The molecule has 5 heteroatoms. The highest BCUT2D eigenvalue weighted by atomic mass is 16.5. The van der Waals surface area contributed by atoms with Gasteiger partial charge in [-0.1, -0.05) is 35.5 Å². The van der Waals surface area contributed by atoms with Crippen LogP contribution in [0.25, 0.3) is 0 Å². The molecule has 0 spiro atoms. The molecule has 0 bridgehead atoms. The molecule has 1 amide bonds. The van der Waals surface area contributed by atoms with Crippen LogP contribution >= 0.6 is 0 Å². The zero-order chi connectivity index (χ0) is 17.1. The highest BCUT2D eigenvalue weighted by Gasteiger charge is 2.25. The van der Waals surface area contributed by atoms with Crippen LogP contribution in [0.15, 0.2) is 34.9 Å². The normalized spacial score (nSPS) is 18.4. The minimum atomic E-state index is 0.110. The highest BCUT2D eigenvalue weighted by molar-refractivity contribution is 5.78. The average molecular weight is 339 g/mol. The van der Waals surface area contributed by atoms with Gasteiger partial charge in [-0.25, -0.2) is 0 Å². The summed E-state index contributed by atoms with van der Waals surface area (Å²) >= 11 is 0. The van der Waals surface area contributed by atoms with Crippen LogP contribution in [0.3, 0.4) is 0 Å². The maximum Gasteiger partial charge on any atom is 0.222 e. The summed E-state index contributed by atoms with van der Waals surface area (Å²) in [5.74, 6) is 1.33. The van der Waals surface area contributed by atoms with Crippen LogP contribution in [-0.2, 0) is 24.2 Å². The zero-order valence-corrected chi connectivity index (χ0v) is 14.5. The number of aryl methyl sites for hydroxylation is 1. The van der Waals surface area contributed by atoms with E-state index in [1.807, 2.05) is 23.1 Å². The topological polar surface area (TPSA) is 58.4 Å². The number of hydrogen-bond donors (Lipinski definition) is 1. The SMILES string of the molecule is O=C1CCCN1C[C@H](NCc1noc2c1CCCC2)c1ccccc1. The van der Waals surface area contributed by atoms with Crippen molar-refractivity contribution < 1.29 is 9.32 Å². The van der Waals surface area contributed by atoms with E-state index >= 15 is 0 Å². The van der Waals surface area contributed by atoms with Gasteiger partial charge in [-0.3, -0.25) is 4.79 Å². The Hall–Kier alpha value is -2.14. The van der Waals surface area contributed by atoms with Crippen LogP contribution in [0.1, 0.15) is 54.3 Å². The monoisotopic (exact) mass is 339 g/mol. The molecule has 1 aromatic carbocycles. The maximum atomic E-state index is 12.0. The number of fused-ring (bicyclic) bond motifs is 1. The predicted molar refractivity (Wildman–Crippen MR) is 95.0 cm³/mol. The van der Waals surface area contributed by atoms with Gasteiger partial charge in [0.1, 0.15) is 11.5 Å². The molecule has 1 aliphatic heterocycles. The van der Waals surface area contributed by atoms with Crippen molar-refractivity contribution in [1.82, 2.24) is 15.4 Å². The number of likely N-dealkylation sites (tertiary alicyclic amines) is 1. The van der Waals surface area contributed by atoms with Crippen molar-refractivity contribution in [2.24, 2.45) is 0 Å². The fourth-order valence-corrected chi connectivity index (χ4v) is 3.90. The molecule has 2 heterocycles. The Morgan fingerprint density at radius 2 is 1.96 bits per heavy atom. The van der Waals surface area contributed by atoms with Gasteiger partial charge in [-0.2, -0.15) is 0 Å². The van der Waals surface area contributed by atoms with Crippen molar-refractivity contribution in [3.05, 3.63) is 52.9 Å². The summed E-state index contributed by atoms with van der Waals surface area (Å²) in [6, 6.07) is 10.5. The third-order valence-electron chi connectivity index (χ3n) is 5.32. The van der Waals surface area contributed by atoms with E-state index in [0.717, 1.165) is 37.3 Å². The quantitative estimate of drug-likeness (QED) is 0.879. The first-order valence-corrected chi connectivity index (χ1v) is 9.33. The number of nitrogens with zero attached hydrogens (tertiary/aromatic N) is 2. The summed E-state index contributed by atoms with van der Waals surface area (Å²) in [5.41, 5.74) is 3.53. The second-order valence-corrected chi connectivity index (χ2v) is 7.03. The van der Waals surface area contributed by atoms with Crippen molar-refractivity contribution in [1.29, 1.82) is 0 Å². The number of hydrogen-bond acceptors (Lipinski definition) is 4. The van der Waals surface area contributed by atoms with E-state index in [-0.39, 0.29) is 11.9 Å². The third-order valence-corrected chi connectivity index (χ3v) is 5.32. The fourth-order valence-electron chi connectivity index (χ4n) is 3.90. The van der Waals surface area contributed by atoms with Crippen LogP contribution in [0.5, 0.6) is 0 Å². The van der Waals surface area contributed by atoms with E-state index in [2.05, 4.69) is 22.6 Å². The number of rotatable bonds is 6. The van der Waals surface area contributed by atoms with Crippen LogP contribution in [-0.4, -0.2) is 29.1 Å². The van der Waals surface area contributed by atoms with Crippen molar-refractivity contribution in [2.75, 3.05) is 13.1 Å². The molecule has 25 heavy (non-hydrogen) atoms. The lowest BCUT2D eigenvalue weighted by atomic mass is 9.96. The summed E-state index contributed by atoms with van der Waals surface area (Å²) in [4.78, 5) is 14.0. The molecule has 5 nitrogen and oxygen atoms in total. The second-order valence-electron chi connectivity index (χ2n) is 7.03. The number of carbonyl (C=O) groups excluding carboxylic acids is 1. The van der Waals surface area contributed by atoms with Gasteiger partial charge in [0.25, 0.3) is 0 Å². The van der Waals surface area contributed by atoms with Gasteiger partial charge in [-0.05, 0) is 31.2 Å². The Morgan fingerprint density at radius 1 is 1.12 bits per heavy atom. The van der Waals surface area contributed by atoms with Gasteiger partial charge in [-0.15, -0.1) is 0 Å². The average Bonchev–Trinajstić information content (AvgIpc) is 3.25. The van der Waals surface area contributed by atoms with E-state index in [1.54, 1.807) is 0 Å². The number of aromatic nitrogens is 1. The molecule has 1 aliphatic carbocycles. The summed E-state index contributed by atoms with van der Waals surface area (Å²) in [6.45, 7) is 2.26.